The molecule has 1 aliphatic rings. The Bertz CT molecular complexity index is 391. The summed E-state index contributed by atoms with van der Waals surface area (Å²) < 4.78 is 0. The highest BCUT2D eigenvalue weighted by atomic mass is 16.3. The minimum atomic E-state index is -0.561. The topological polar surface area (TPSA) is 61.3 Å². The highest BCUT2D eigenvalue weighted by Gasteiger charge is 2.28. The third-order valence-electron chi connectivity index (χ3n) is 3.40. The van der Waals surface area contributed by atoms with Crippen molar-refractivity contribution in [1.82, 2.24) is 14.9 Å². The van der Waals surface area contributed by atoms with Crippen LogP contribution in [0.3, 0.4) is 0 Å². The van der Waals surface area contributed by atoms with Crippen LogP contribution in [-0.2, 0) is 6.54 Å². The van der Waals surface area contributed by atoms with Crippen LogP contribution in [0.1, 0.15) is 38.8 Å². The second kappa shape index (κ2) is 6.30. The van der Waals surface area contributed by atoms with Gasteiger partial charge in [-0.05, 0) is 32.7 Å². The van der Waals surface area contributed by atoms with Crippen LogP contribution in [-0.4, -0.2) is 45.2 Å². The summed E-state index contributed by atoms with van der Waals surface area (Å²) in [5.41, 5.74) is 0.397. The van der Waals surface area contributed by atoms with E-state index in [1.807, 2.05) is 13.1 Å². The van der Waals surface area contributed by atoms with Crippen LogP contribution in [0.4, 0.5) is 5.82 Å². The molecule has 0 amide bonds. The molecule has 1 aromatic rings. The van der Waals surface area contributed by atoms with E-state index in [-0.39, 0.29) is 0 Å². The number of rotatable bonds is 5. The van der Waals surface area contributed by atoms with Gasteiger partial charge in [0.2, 0.25) is 0 Å². The fraction of sp³-hybridized carbons (Fsp3) is 0.714. The molecule has 0 aromatic carbocycles. The van der Waals surface area contributed by atoms with Gasteiger partial charge in [-0.3, -0.25) is 9.88 Å². The number of anilines is 1. The molecule has 2 rings (SSSR count). The van der Waals surface area contributed by atoms with Crippen LogP contribution < -0.4 is 5.32 Å². The zero-order valence-electron chi connectivity index (χ0n) is 11.9. The van der Waals surface area contributed by atoms with Crippen molar-refractivity contribution in [1.29, 1.82) is 0 Å². The first-order valence-corrected chi connectivity index (χ1v) is 7.08. The van der Waals surface area contributed by atoms with E-state index >= 15 is 0 Å². The molecule has 1 atom stereocenters. The van der Waals surface area contributed by atoms with Gasteiger partial charge >= 0.3 is 0 Å². The normalized spacial score (nSPS) is 24.4. The van der Waals surface area contributed by atoms with Gasteiger partial charge in [0.25, 0.3) is 0 Å². The lowest BCUT2D eigenvalue weighted by atomic mass is 9.95. The Morgan fingerprint density at radius 3 is 2.89 bits per heavy atom. The molecule has 1 aliphatic heterocycles. The highest BCUT2D eigenvalue weighted by molar-refractivity contribution is 5.30. The third-order valence-corrected chi connectivity index (χ3v) is 3.40. The van der Waals surface area contributed by atoms with Crippen LogP contribution in [0.2, 0.25) is 0 Å². The molecule has 0 aliphatic carbocycles. The van der Waals surface area contributed by atoms with Gasteiger partial charge in [-0.15, -0.1) is 0 Å². The summed E-state index contributed by atoms with van der Waals surface area (Å²) in [6.07, 6.45) is 6.60. The van der Waals surface area contributed by atoms with Crippen LogP contribution in [0.5, 0.6) is 0 Å². The summed E-state index contributed by atoms with van der Waals surface area (Å²) >= 11 is 0. The van der Waals surface area contributed by atoms with Gasteiger partial charge < -0.3 is 10.4 Å². The summed E-state index contributed by atoms with van der Waals surface area (Å²) in [7, 11) is 0. The number of hydrogen-bond acceptors (Lipinski definition) is 5. The van der Waals surface area contributed by atoms with E-state index in [0.717, 1.165) is 50.4 Å². The highest BCUT2D eigenvalue weighted by Crippen LogP contribution is 2.21. The van der Waals surface area contributed by atoms with Crippen molar-refractivity contribution >= 4 is 5.82 Å². The van der Waals surface area contributed by atoms with Crippen molar-refractivity contribution in [2.24, 2.45) is 0 Å². The largest absolute Gasteiger partial charge is 0.389 e. The predicted octanol–water partition coefficient (Wildman–Crippen LogP) is 1.65. The van der Waals surface area contributed by atoms with Gasteiger partial charge in [0.15, 0.2) is 0 Å². The number of β-amino-alcohol motifs (C(OH)–C–C–N with tert-alkyl or cyclic N) is 1. The van der Waals surface area contributed by atoms with E-state index in [2.05, 4.69) is 27.1 Å². The lowest BCUT2D eigenvalue weighted by Crippen LogP contribution is -2.45. The Hall–Kier alpha value is -1.20. The zero-order chi connectivity index (χ0) is 13.7. The smallest absolute Gasteiger partial charge is 0.144 e. The Labute approximate surface area is 115 Å². The minimum Gasteiger partial charge on any atom is -0.389 e. The number of hydrogen-bond donors (Lipinski definition) is 2. The molecule has 19 heavy (non-hydrogen) atoms. The van der Waals surface area contributed by atoms with Gasteiger partial charge in [-0.1, -0.05) is 6.92 Å². The van der Waals surface area contributed by atoms with E-state index in [9.17, 15) is 5.11 Å². The Morgan fingerprint density at radius 1 is 1.42 bits per heavy atom. The molecule has 0 bridgehead atoms. The second-order valence-electron chi connectivity index (χ2n) is 5.63. The van der Waals surface area contributed by atoms with Gasteiger partial charge in [0.05, 0.1) is 23.7 Å². The maximum Gasteiger partial charge on any atom is 0.144 e. The molecule has 5 nitrogen and oxygen atoms in total. The molecule has 1 saturated heterocycles. The molecule has 1 unspecified atom stereocenters. The molecule has 0 saturated carbocycles. The second-order valence-corrected chi connectivity index (χ2v) is 5.63. The van der Waals surface area contributed by atoms with Crippen LogP contribution in [0.15, 0.2) is 12.4 Å². The van der Waals surface area contributed by atoms with Gasteiger partial charge in [-0.25, -0.2) is 4.98 Å². The zero-order valence-corrected chi connectivity index (χ0v) is 11.9. The number of aliphatic hydroxyl groups is 1. The summed E-state index contributed by atoms with van der Waals surface area (Å²) in [5, 5.41) is 13.3. The first-order valence-electron chi connectivity index (χ1n) is 7.08. The van der Waals surface area contributed by atoms with E-state index in [4.69, 9.17) is 0 Å². The lowest BCUT2D eigenvalue weighted by Gasteiger charge is -2.36. The van der Waals surface area contributed by atoms with Crippen molar-refractivity contribution in [3.8, 4) is 0 Å². The molecule has 0 spiro atoms. The Morgan fingerprint density at radius 2 is 2.26 bits per heavy atom. The van der Waals surface area contributed by atoms with E-state index in [1.54, 1.807) is 6.20 Å². The Balaban J connectivity index is 1.88. The maximum absolute atomic E-state index is 10.1. The average Bonchev–Trinajstić information content (AvgIpc) is 2.37. The predicted molar refractivity (Wildman–Crippen MR) is 75.9 cm³/mol. The molecule has 2 N–H and O–H groups in total. The van der Waals surface area contributed by atoms with Crippen LogP contribution in [0.25, 0.3) is 0 Å². The first-order chi connectivity index (χ1) is 9.09. The van der Waals surface area contributed by atoms with Crippen molar-refractivity contribution in [3.05, 3.63) is 18.1 Å². The molecule has 0 radical (unpaired) electrons. The van der Waals surface area contributed by atoms with Crippen molar-refractivity contribution in [3.63, 3.8) is 0 Å². The molecular weight excluding hydrogens is 240 g/mol. The Kier molecular flexibility index (Phi) is 4.71. The van der Waals surface area contributed by atoms with Gasteiger partial charge in [0, 0.05) is 19.6 Å². The number of likely N-dealkylation sites (tertiary alicyclic amines) is 1. The lowest BCUT2D eigenvalue weighted by molar-refractivity contribution is -0.0185. The number of nitrogens with one attached hydrogen (secondary N) is 1. The van der Waals surface area contributed by atoms with Crippen LogP contribution >= 0.6 is 0 Å². The average molecular weight is 264 g/mol. The van der Waals surface area contributed by atoms with E-state index < -0.39 is 5.60 Å². The van der Waals surface area contributed by atoms with Gasteiger partial charge in [-0.2, -0.15) is 0 Å². The van der Waals surface area contributed by atoms with E-state index in [0.29, 0.717) is 6.54 Å². The molecule has 1 aromatic heterocycles. The van der Waals surface area contributed by atoms with E-state index in [1.165, 1.54) is 0 Å². The summed E-state index contributed by atoms with van der Waals surface area (Å²) in [6.45, 7) is 7.44. The summed E-state index contributed by atoms with van der Waals surface area (Å²) in [5.74, 6) is 0.830. The third kappa shape index (κ3) is 4.44. The molecule has 5 heteroatoms. The standard InChI is InChI=1S/C14H24N4O/c1-3-6-15-13-9-16-12(8-17-13)10-18-7-4-5-14(2,19)11-18/h8-9,19H,3-7,10-11H2,1-2H3,(H,15,17). The van der Waals surface area contributed by atoms with Crippen molar-refractivity contribution < 1.29 is 5.11 Å². The SMILES string of the molecule is CCCNc1cnc(CN2CCCC(C)(O)C2)cn1. The number of aromatic nitrogens is 2. The summed E-state index contributed by atoms with van der Waals surface area (Å²) in [4.78, 5) is 11.0. The van der Waals surface area contributed by atoms with Gasteiger partial charge in [0.1, 0.15) is 5.82 Å². The number of piperidine rings is 1. The summed E-state index contributed by atoms with van der Waals surface area (Å²) in [6, 6.07) is 0. The quantitative estimate of drug-likeness (QED) is 0.846. The fourth-order valence-corrected chi connectivity index (χ4v) is 2.47. The first kappa shape index (κ1) is 14.2. The van der Waals surface area contributed by atoms with Crippen molar-refractivity contribution in [2.75, 3.05) is 25.0 Å². The number of nitrogens with zero attached hydrogens (tertiary/aromatic N) is 3. The molecule has 1 fully saturated rings. The molecular formula is C14H24N4O. The molecule has 2 heterocycles. The van der Waals surface area contributed by atoms with Crippen LogP contribution in [0, 0.1) is 0 Å². The molecule has 106 valence electrons. The minimum absolute atomic E-state index is 0.561. The fourth-order valence-electron chi connectivity index (χ4n) is 2.47. The maximum atomic E-state index is 10.1. The monoisotopic (exact) mass is 264 g/mol. The van der Waals surface area contributed by atoms with Crippen molar-refractivity contribution in [2.45, 2.75) is 45.3 Å².